The van der Waals surface area contributed by atoms with Crippen LogP contribution in [0.5, 0.6) is 69.0 Å². The molecule has 0 saturated heterocycles. The SMILES string of the molecule is Cc1ccc(Oc2ccc(C3(c4ccc(Oc5ccc(-c6nc(-c7ccc(Oc8ccc(C9(c%10ccc(Oc%11ccc(C)c(C#N)c%11)cc%10)c%10ccccc%10C(=O)N9c9ccccc9)cc8)cc7C#N)nc(-c7ccc(Oc8ccc(C9(c%10ccc(Oc%11ccc(C)c(C#N)c%11)cc%10)c%10ccccc%10C(=O)N9c9ccccc9)cc8)cc7C#N)n6)c(C#N)c5)cc4)c4ccccc4C(=O)N3c3ccccc3)cc2)cc1C#N. The summed E-state index contributed by atoms with van der Waals surface area (Å²) in [6, 6.07) is 141. The molecular weight excluding hydrogens is 1830 g/mol. The van der Waals surface area contributed by atoms with Crippen molar-refractivity contribution >= 4 is 34.8 Å². The van der Waals surface area contributed by atoms with Crippen molar-refractivity contribution in [2.75, 3.05) is 14.7 Å². The van der Waals surface area contributed by atoms with Gasteiger partial charge in [0.25, 0.3) is 17.7 Å². The maximum absolute atomic E-state index is 15.2. The van der Waals surface area contributed by atoms with Gasteiger partial charge >= 0.3 is 0 Å². The number of anilines is 3. The predicted octanol–water partition coefficient (Wildman–Crippen LogP) is 27.6. The topological polar surface area (TPSA) is 298 Å². The van der Waals surface area contributed by atoms with Crippen LogP contribution in [0.1, 0.15) is 131 Å². The lowest BCUT2D eigenvalue weighted by Crippen LogP contribution is -2.46. The van der Waals surface area contributed by atoms with Crippen LogP contribution in [0.25, 0.3) is 34.2 Å². The highest BCUT2D eigenvalue weighted by atomic mass is 16.5. The minimum atomic E-state index is -1.25. The monoisotopic (exact) mass is 1900 g/mol. The van der Waals surface area contributed by atoms with Gasteiger partial charge in [0.05, 0.1) is 51.6 Å². The van der Waals surface area contributed by atoms with Crippen molar-refractivity contribution in [3.63, 3.8) is 0 Å². The molecular formula is C126H78N12O9. The summed E-state index contributed by atoms with van der Waals surface area (Å²) in [4.78, 5) is 66.1. The average molecular weight is 1900 g/mol. The zero-order valence-electron chi connectivity index (χ0n) is 78.9. The van der Waals surface area contributed by atoms with E-state index in [2.05, 4.69) is 36.4 Å². The van der Waals surface area contributed by atoms with Gasteiger partial charge in [0.15, 0.2) is 17.5 Å². The third-order valence-corrected chi connectivity index (χ3v) is 27.0. The zero-order chi connectivity index (χ0) is 101. The fourth-order valence-corrected chi connectivity index (χ4v) is 20.1. The van der Waals surface area contributed by atoms with Gasteiger partial charge in [-0.25, -0.2) is 15.0 Å². The van der Waals surface area contributed by atoms with Gasteiger partial charge in [-0.3, -0.25) is 29.1 Å². The molecule has 4 heterocycles. The van der Waals surface area contributed by atoms with Crippen molar-refractivity contribution in [1.29, 1.82) is 31.6 Å². The molecule has 21 heteroatoms. The Morgan fingerprint density at radius 2 is 0.388 bits per heavy atom. The molecule has 0 fully saturated rings. The van der Waals surface area contributed by atoms with E-state index in [1.165, 1.54) is 0 Å². The number of nitriles is 6. The average Bonchev–Trinajstić information content (AvgIpc) is 1.55. The Morgan fingerprint density at radius 1 is 0.204 bits per heavy atom. The number of carbonyl (C=O) groups excluding carboxylic acids is 3. The molecule has 19 aromatic rings. The van der Waals surface area contributed by atoms with E-state index < -0.39 is 16.6 Å². The van der Waals surface area contributed by atoms with E-state index in [0.29, 0.717) is 102 Å². The largest absolute Gasteiger partial charge is 0.457 e. The fourth-order valence-electron chi connectivity index (χ4n) is 20.1. The molecule has 3 amide bonds. The second kappa shape index (κ2) is 38.0. The van der Waals surface area contributed by atoms with Gasteiger partial charge < -0.3 is 28.4 Å². The van der Waals surface area contributed by atoms with Crippen LogP contribution in [0.4, 0.5) is 17.1 Å². The van der Waals surface area contributed by atoms with Gasteiger partial charge in [-0.1, -0.05) is 200 Å². The Hall–Kier alpha value is -20.9. The zero-order valence-corrected chi connectivity index (χ0v) is 78.9. The molecule has 0 radical (unpaired) electrons. The lowest BCUT2D eigenvalue weighted by atomic mass is 9.76. The number of hydrogen-bond acceptors (Lipinski definition) is 18. The number of hydrogen-bond donors (Lipinski definition) is 0. The number of aryl methyl sites for hydroxylation is 3. The van der Waals surface area contributed by atoms with Gasteiger partial charge in [-0.05, 0) is 306 Å². The molecule has 696 valence electrons. The van der Waals surface area contributed by atoms with Gasteiger partial charge in [0.1, 0.15) is 104 Å². The molecule has 3 atom stereocenters. The molecule has 18 aromatic carbocycles. The molecule has 0 saturated carbocycles. The molecule has 21 nitrogen and oxygen atoms in total. The molecule has 3 aliphatic heterocycles. The molecule has 0 N–H and O–H groups in total. The lowest BCUT2D eigenvalue weighted by Gasteiger charge is -2.40. The van der Waals surface area contributed by atoms with E-state index >= 15 is 14.4 Å². The molecule has 0 bridgehead atoms. The predicted molar refractivity (Wildman–Crippen MR) is 556 cm³/mol. The van der Waals surface area contributed by atoms with Crippen molar-refractivity contribution in [2.45, 2.75) is 37.4 Å². The molecule has 0 aliphatic carbocycles. The molecule has 147 heavy (non-hydrogen) atoms. The lowest BCUT2D eigenvalue weighted by molar-refractivity contribution is 0.0978. The fraction of sp³-hybridized carbons (Fsp3) is 0.0476. The highest BCUT2D eigenvalue weighted by Crippen LogP contribution is 2.57. The summed E-state index contributed by atoms with van der Waals surface area (Å²) >= 11 is 0. The summed E-state index contributed by atoms with van der Waals surface area (Å²) in [5.41, 5.74) is 11.3. The third kappa shape index (κ3) is 16.2. The number of rotatable bonds is 24. The van der Waals surface area contributed by atoms with Gasteiger partial charge in [0.2, 0.25) is 0 Å². The molecule has 22 rings (SSSR count). The van der Waals surface area contributed by atoms with Gasteiger partial charge in [-0.2, -0.15) is 31.6 Å². The molecule has 3 unspecified atom stereocenters. The first-order chi connectivity index (χ1) is 72.0. The number of aromatic nitrogens is 3. The summed E-state index contributed by atoms with van der Waals surface area (Å²) in [5.74, 6) is 4.30. The number of benzene rings is 18. The van der Waals surface area contributed by atoms with Crippen molar-refractivity contribution in [2.24, 2.45) is 0 Å². The van der Waals surface area contributed by atoms with Crippen LogP contribution in [-0.4, -0.2) is 32.7 Å². The number of amides is 3. The van der Waals surface area contributed by atoms with E-state index in [9.17, 15) is 31.6 Å². The quantitative estimate of drug-likeness (QED) is 0.0543. The maximum atomic E-state index is 15.2. The number of carbonyl (C=O) groups is 3. The minimum absolute atomic E-state index is 0.00718. The second-order valence-electron chi connectivity index (χ2n) is 35.5. The van der Waals surface area contributed by atoms with Crippen molar-refractivity contribution < 1.29 is 42.8 Å². The highest BCUT2D eigenvalue weighted by Gasteiger charge is 2.56. The summed E-state index contributed by atoms with van der Waals surface area (Å²) in [6.45, 7) is 5.60. The van der Waals surface area contributed by atoms with E-state index in [-0.39, 0.29) is 85.8 Å². The van der Waals surface area contributed by atoms with Crippen LogP contribution in [0.2, 0.25) is 0 Å². The molecule has 3 aliphatic rings. The van der Waals surface area contributed by atoms with Crippen LogP contribution in [0, 0.1) is 88.8 Å². The second-order valence-corrected chi connectivity index (χ2v) is 35.5. The van der Waals surface area contributed by atoms with Crippen molar-refractivity contribution in [3.8, 4) is 140 Å². The van der Waals surface area contributed by atoms with Gasteiger partial charge in [0, 0.05) is 50.4 Å². The number of para-hydroxylation sites is 3. The Morgan fingerprint density at radius 3 is 0.599 bits per heavy atom. The molecule has 0 spiro atoms. The minimum Gasteiger partial charge on any atom is -0.457 e. The third-order valence-electron chi connectivity index (χ3n) is 27.0. The summed E-state index contributed by atoms with van der Waals surface area (Å²) in [5, 5.41) is 63.7. The van der Waals surface area contributed by atoms with Crippen molar-refractivity contribution in [3.05, 3.63) is 535 Å². The summed E-state index contributed by atoms with van der Waals surface area (Å²) in [6.07, 6.45) is 0. The normalized spacial score (nSPS) is 15.1. The Balaban J connectivity index is 0.608. The Kier molecular flexibility index (Phi) is 23.6. The van der Waals surface area contributed by atoms with E-state index in [0.717, 1.165) is 66.8 Å². The Bertz CT molecular complexity index is 7980. The van der Waals surface area contributed by atoms with E-state index in [4.69, 9.17) is 43.4 Å². The number of nitrogens with zero attached hydrogens (tertiary/aromatic N) is 12. The first kappa shape index (κ1) is 91.2. The van der Waals surface area contributed by atoms with E-state index in [1.807, 2.05) is 345 Å². The van der Waals surface area contributed by atoms with Crippen LogP contribution in [0.15, 0.2) is 419 Å². The highest BCUT2D eigenvalue weighted by molar-refractivity contribution is 6.16. The first-order valence-corrected chi connectivity index (χ1v) is 47.1. The van der Waals surface area contributed by atoms with Crippen LogP contribution < -0.4 is 43.1 Å². The Labute approximate surface area is 845 Å². The van der Waals surface area contributed by atoms with Crippen molar-refractivity contribution in [1.82, 2.24) is 15.0 Å². The maximum Gasteiger partial charge on any atom is 0.260 e. The number of fused-ring (bicyclic) bond motifs is 3. The van der Waals surface area contributed by atoms with E-state index in [1.54, 1.807) is 109 Å². The van der Waals surface area contributed by atoms with Crippen LogP contribution in [0.3, 0.4) is 0 Å². The molecule has 1 aromatic heterocycles. The standard InChI is InChI=1S/C126H78N12O9/c1-79-31-46-103(67-82(79)73-127)142-97-49-34-88(35-50-97)124(115-28-16-13-25-112(115)121(139)136(124)94-19-7-4-8-20-94)91-40-55-100(56-41-91)145-106-61-64-109(85(70-106)76-130)118-133-119(110-65-62-107(71-86(110)77-131)146-101-57-42-92(43-58-101)125(89-36-51-98(52-37-89)143-104-47-32-80(2)83(68-104)74-128)116-29-17-14-26-113(116)122(140)137(125)95-21-9-5-10-22-95)135-120(134-118)111-66-63-108(72-87(111)78-132)147-102-59-44-93(45-60-102)126(90-38-53-99(54-39-90)144-105-48-33-81(3)84(69-105)75-129)117-30-18-15-27-114(117)123(141)138(126)96-23-11-6-12-24-96/h4-72H,1-3H3. The summed E-state index contributed by atoms with van der Waals surface area (Å²) < 4.78 is 39.1. The smallest absolute Gasteiger partial charge is 0.260 e. The van der Waals surface area contributed by atoms with Crippen LogP contribution in [-0.2, 0) is 16.6 Å². The van der Waals surface area contributed by atoms with Gasteiger partial charge in [-0.15, -0.1) is 0 Å². The summed E-state index contributed by atoms with van der Waals surface area (Å²) in [7, 11) is 0. The first-order valence-electron chi connectivity index (χ1n) is 47.1. The number of ether oxygens (including phenoxy) is 6. The van der Waals surface area contributed by atoms with Crippen LogP contribution >= 0.6 is 0 Å².